The van der Waals surface area contributed by atoms with Gasteiger partial charge in [-0.1, -0.05) is 13.8 Å². The van der Waals surface area contributed by atoms with E-state index in [1.165, 1.54) is 0 Å². The third-order valence-electron chi connectivity index (χ3n) is 1.99. The third kappa shape index (κ3) is 2.86. The van der Waals surface area contributed by atoms with Crippen molar-refractivity contribution in [2.75, 3.05) is 18.4 Å². The van der Waals surface area contributed by atoms with Gasteiger partial charge >= 0.3 is 0 Å². The molecule has 0 aliphatic carbocycles. The summed E-state index contributed by atoms with van der Waals surface area (Å²) in [5, 5.41) is 2.85. The highest BCUT2D eigenvalue weighted by molar-refractivity contribution is 5.38. The number of nitrogens with zero attached hydrogens (tertiary/aromatic N) is 2. The zero-order chi connectivity index (χ0) is 11.4. The monoisotopic (exact) mass is 212 g/mol. The van der Waals surface area contributed by atoms with Crippen molar-refractivity contribution < 1.29 is 4.39 Å². The Balaban J connectivity index is 3.02. The quantitative estimate of drug-likeness (QED) is 0.792. The first-order valence-electron chi connectivity index (χ1n) is 5.04. The van der Waals surface area contributed by atoms with Gasteiger partial charge in [0.05, 0.1) is 5.69 Å². The van der Waals surface area contributed by atoms with Crippen molar-refractivity contribution in [3.05, 3.63) is 17.3 Å². The maximum Gasteiger partial charge on any atom is 0.186 e. The molecule has 0 amide bonds. The zero-order valence-electron chi connectivity index (χ0n) is 9.34. The minimum absolute atomic E-state index is 0.183. The fourth-order valence-electron chi connectivity index (χ4n) is 1.15. The van der Waals surface area contributed by atoms with Crippen LogP contribution in [0.25, 0.3) is 0 Å². The second kappa shape index (κ2) is 5.02. The van der Waals surface area contributed by atoms with Gasteiger partial charge in [0.25, 0.3) is 0 Å². The van der Waals surface area contributed by atoms with E-state index in [9.17, 15) is 4.39 Å². The Bertz CT molecular complexity index is 338. The van der Waals surface area contributed by atoms with Crippen molar-refractivity contribution >= 4 is 5.82 Å². The summed E-state index contributed by atoms with van der Waals surface area (Å²) in [5.41, 5.74) is 5.70. The number of nitrogens with one attached hydrogen (secondary N) is 1. The molecule has 0 aliphatic heterocycles. The van der Waals surface area contributed by atoms with Crippen molar-refractivity contribution in [2.24, 2.45) is 5.73 Å². The lowest BCUT2D eigenvalue weighted by Crippen LogP contribution is -2.16. The van der Waals surface area contributed by atoms with Crippen LogP contribution in [-0.4, -0.2) is 23.1 Å². The fourth-order valence-corrected chi connectivity index (χ4v) is 1.15. The van der Waals surface area contributed by atoms with E-state index in [0.717, 1.165) is 0 Å². The molecule has 15 heavy (non-hydrogen) atoms. The molecule has 0 radical (unpaired) electrons. The lowest BCUT2D eigenvalue weighted by atomic mass is 10.2. The van der Waals surface area contributed by atoms with Crippen LogP contribution < -0.4 is 11.1 Å². The summed E-state index contributed by atoms with van der Waals surface area (Å²) in [6.45, 7) is 6.53. The van der Waals surface area contributed by atoms with E-state index >= 15 is 0 Å². The van der Waals surface area contributed by atoms with Crippen molar-refractivity contribution in [3.8, 4) is 0 Å². The average molecular weight is 212 g/mol. The predicted octanol–water partition coefficient (Wildman–Crippen LogP) is 1.42. The SMILES string of the molecule is Cc1nc(C(C)C)nc(NCCN)c1F. The van der Waals surface area contributed by atoms with Gasteiger partial charge in [-0.15, -0.1) is 0 Å². The van der Waals surface area contributed by atoms with Crippen LogP contribution in [0.2, 0.25) is 0 Å². The molecule has 1 aromatic heterocycles. The summed E-state index contributed by atoms with van der Waals surface area (Å²) < 4.78 is 13.5. The van der Waals surface area contributed by atoms with E-state index in [1.807, 2.05) is 13.8 Å². The Morgan fingerprint density at radius 1 is 1.40 bits per heavy atom. The fraction of sp³-hybridized carbons (Fsp3) is 0.600. The number of hydrogen-bond acceptors (Lipinski definition) is 4. The molecule has 0 saturated carbocycles. The van der Waals surface area contributed by atoms with Crippen LogP contribution in [-0.2, 0) is 0 Å². The van der Waals surface area contributed by atoms with E-state index in [-0.39, 0.29) is 11.7 Å². The molecule has 1 heterocycles. The van der Waals surface area contributed by atoms with Gasteiger partial charge in [-0.25, -0.2) is 14.4 Å². The molecule has 0 saturated heterocycles. The molecule has 1 aromatic rings. The Hall–Kier alpha value is -1.23. The molecule has 3 N–H and O–H groups in total. The van der Waals surface area contributed by atoms with Crippen LogP contribution in [0.15, 0.2) is 0 Å². The highest BCUT2D eigenvalue weighted by Crippen LogP contribution is 2.17. The first kappa shape index (κ1) is 11.8. The molecule has 4 nitrogen and oxygen atoms in total. The van der Waals surface area contributed by atoms with Gasteiger partial charge < -0.3 is 11.1 Å². The van der Waals surface area contributed by atoms with E-state index < -0.39 is 5.82 Å². The van der Waals surface area contributed by atoms with E-state index in [0.29, 0.717) is 24.6 Å². The Labute approximate surface area is 89.1 Å². The van der Waals surface area contributed by atoms with Gasteiger partial charge in [0.1, 0.15) is 5.82 Å². The van der Waals surface area contributed by atoms with Crippen LogP contribution in [0, 0.1) is 12.7 Å². The van der Waals surface area contributed by atoms with Crippen LogP contribution in [0.4, 0.5) is 10.2 Å². The van der Waals surface area contributed by atoms with Crippen molar-refractivity contribution in [2.45, 2.75) is 26.7 Å². The first-order chi connectivity index (χ1) is 7.06. The van der Waals surface area contributed by atoms with Gasteiger partial charge in [0, 0.05) is 19.0 Å². The van der Waals surface area contributed by atoms with E-state index in [2.05, 4.69) is 15.3 Å². The molecule has 0 aliphatic rings. The number of aromatic nitrogens is 2. The number of anilines is 1. The van der Waals surface area contributed by atoms with Gasteiger partial charge in [-0.05, 0) is 6.92 Å². The van der Waals surface area contributed by atoms with Crippen LogP contribution in [0.3, 0.4) is 0 Å². The maximum absolute atomic E-state index is 13.5. The molecular weight excluding hydrogens is 195 g/mol. The Kier molecular flexibility index (Phi) is 3.96. The van der Waals surface area contributed by atoms with Gasteiger partial charge in [-0.2, -0.15) is 0 Å². The van der Waals surface area contributed by atoms with Crippen LogP contribution in [0.1, 0.15) is 31.3 Å². The van der Waals surface area contributed by atoms with Crippen LogP contribution >= 0.6 is 0 Å². The van der Waals surface area contributed by atoms with Gasteiger partial charge in [0.15, 0.2) is 11.6 Å². The lowest BCUT2D eigenvalue weighted by Gasteiger charge is -2.10. The summed E-state index contributed by atoms with van der Waals surface area (Å²) in [6, 6.07) is 0. The molecule has 0 atom stereocenters. The van der Waals surface area contributed by atoms with E-state index in [4.69, 9.17) is 5.73 Å². The van der Waals surface area contributed by atoms with Gasteiger partial charge in [0.2, 0.25) is 0 Å². The molecule has 1 rings (SSSR count). The standard InChI is InChI=1S/C10H17FN4/c1-6(2)9-14-7(3)8(11)10(15-9)13-5-4-12/h6H,4-5,12H2,1-3H3,(H,13,14,15). The minimum atomic E-state index is -0.396. The molecular formula is C10H17FN4. The smallest absolute Gasteiger partial charge is 0.186 e. The highest BCUT2D eigenvalue weighted by atomic mass is 19.1. The molecule has 0 aromatic carbocycles. The Morgan fingerprint density at radius 2 is 2.07 bits per heavy atom. The number of nitrogens with two attached hydrogens (primary N) is 1. The number of rotatable bonds is 4. The van der Waals surface area contributed by atoms with E-state index in [1.54, 1.807) is 6.92 Å². The molecule has 5 heteroatoms. The van der Waals surface area contributed by atoms with Crippen molar-refractivity contribution in [3.63, 3.8) is 0 Å². The first-order valence-corrected chi connectivity index (χ1v) is 5.04. The highest BCUT2D eigenvalue weighted by Gasteiger charge is 2.12. The van der Waals surface area contributed by atoms with Gasteiger partial charge in [-0.3, -0.25) is 0 Å². The third-order valence-corrected chi connectivity index (χ3v) is 1.99. The molecule has 0 bridgehead atoms. The van der Waals surface area contributed by atoms with Crippen LogP contribution in [0.5, 0.6) is 0 Å². The number of halogens is 1. The predicted molar refractivity (Wildman–Crippen MR) is 58.4 cm³/mol. The maximum atomic E-state index is 13.5. The summed E-state index contributed by atoms with van der Waals surface area (Å²) in [7, 11) is 0. The van der Waals surface area contributed by atoms with Crippen molar-refractivity contribution in [1.82, 2.24) is 9.97 Å². The topological polar surface area (TPSA) is 63.8 Å². The summed E-state index contributed by atoms with van der Waals surface area (Å²) >= 11 is 0. The largest absolute Gasteiger partial charge is 0.366 e. The number of aryl methyl sites for hydroxylation is 1. The molecule has 0 spiro atoms. The summed E-state index contributed by atoms with van der Waals surface area (Å²) in [6.07, 6.45) is 0. The molecule has 84 valence electrons. The molecule has 0 fully saturated rings. The van der Waals surface area contributed by atoms with Crippen molar-refractivity contribution in [1.29, 1.82) is 0 Å². The lowest BCUT2D eigenvalue weighted by molar-refractivity contribution is 0.595. The Morgan fingerprint density at radius 3 is 2.60 bits per heavy atom. The summed E-state index contributed by atoms with van der Waals surface area (Å²) in [5.74, 6) is 0.681. The second-order valence-corrected chi connectivity index (χ2v) is 3.70. The normalized spacial score (nSPS) is 10.8. The average Bonchev–Trinajstić information content (AvgIpc) is 2.19. The minimum Gasteiger partial charge on any atom is -0.366 e. The number of hydrogen-bond donors (Lipinski definition) is 2. The molecule has 0 unspecified atom stereocenters. The summed E-state index contributed by atoms with van der Waals surface area (Å²) in [4.78, 5) is 8.20. The zero-order valence-corrected chi connectivity index (χ0v) is 9.34. The second-order valence-electron chi connectivity index (χ2n) is 3.70.